The zero-order valence-electron chi connectivity index (χ0n) is 21.0. The van der Waals surface area contributed by atoms with Crippen LogP contribution in [-0.2, 0) is 26.2 Å². The molecule has 0 saturated heterocycles. The van der Waals surface area contributed by atoms with Gasteiger partial charge in [0, 0.05) is 30.1 Å². The van der Waals surface area contributed by atoms with Crippen LogP contribution in [0.4, 0.5) is 0 Å². The van der Waals surface area contributed by atoms with Crippen LogP contribution < -0.4 is 5.32 Å². The van der Waals surface area contributed by atoms with Crippen LogP contribution in [0, 0.1) is 0 Å². The number of rotatable bonds is 9. The molecule has 1 atom stereocenters. The second kappa shape index (κ2) is 11.0. The van der Waals surface area contributed by atoms with Crippen LogP contribution in [0.2, 0.25) is 5.02 Å². The highest BCUT2D eigenvalue weighted by molar-refractivity contribution is 7.90. The summed E-state index contributed by atoms with van der Waals surface area (Å²) in [5.41, 5.74) is 0.472. The largest absolute Gasteiger partial charge is 0.350 e. The van der Waals surface area contributed by atoms with Crippen LogP contribution in [0.15, 0.2) is 53.4 Å². The topological polar surface area (TPSA) is 104 Å². The fourth-order valence-corrected chi connectivity index (χ4v) is 5.86. The van der Waals surface area contributed by atoms with Crippen molar-refractivity contribution in [3.63, 3.8) is 0 Å². The van der Waals surface area contributed by atoms with E-state index in [0.717, 1.165) is 9.87 Å². The molecule has 0 bridgehead atoms. The Hall–Kier alpha value is -2.91. The molecule has 3 amide bonds. The third-order valence-corrected chi connectivity index (χ3v) is 7.91. The highest BCUT2D eigenvalue weighted by Crippen LogP contribution is 2.30. The number of carbonyl (C=O) groups excluding carboxylic acids is 3. The first-order chi connectivity index (χ1) is 16.8. The molecule has 0 radical (unpaired) electrons. The van der Waals surface area contributed by atoms with Gasteiger partial charge in [0.15, 0.2) is 0 Å². The van der Waals surface area contributed by atoms with Crippen molar-refractivity contribution in [2.75, 3.05) is 6.54 Å². The third-order valence-electron chi connectivity index (χ3n) is 5.81. The van der Waals surface area contributed by atoms with E-state index in [4.69, 9.17) is 11.6 Å². The van der Waals surface area contributed by atoms with Gasteiger partial charge < -0.3 is 10.2 Å². The number of hydrogen-bond acceptors (Lipinski definition) is 5. The van der Waals surface area contributed by atoms with Gasteiger partial charge in [-0.05, 0) is 63.4 Å². The molecule has 0 saturated carbocycles. The lowest BCUT2D eigenvalue weighted by Crippen LogP contribution is -2.53. The molecule has 36 heavy (non-hydrogen) atoms. The molecule has 194 valence electrons. The van der Waals surface area contributed by atoms with Gasteiger partial charge in [0.2, 0.25) is 11.8 Å². The van der Waals surface area contributed by atoms with E-state index in [-0.39, 0.29) is 48.2 Å². The van der Waals surface area contributed by atoms with Gasteiger partial charge in [-0.15, -0.1) is 0 Å². The summed E-state index contributed by atoms with van der Waals surface area (Å²) in [4.78, 5) is 40.6. The molecule has 0 unspecified atom stereocenters. The first kappa shape index (κ1) is 27.7. The van der Waals surface area contributed by atoms with E-state index in [1.807, 2.05) is 27.7 Å². The van der Waals surface area contributed by atoms with Crippen molar-refractivity contribution >= 4 is 39.3 Å². The fourth-order valence-electron chi connectivity index (χ4n) is 4.13. The molecular weight excluding hydrogens is 502 g/mol. The molecule has 8 nitrogen and oxygen atoms in total. The number of nitrogens with one attached hydrogen (secondary N) is 1. The number of carbonyl (C=O) groups is 3. The first-order valence-corrected chi connectivity index (χ1v) is 13.7. The Labute approximate surface area is 217 Å². The molecule has 3 rings (SSSR count). The minimum atomic E-state index is -3.94. The molecule has 1 aliphatic heterocycles. The van der Waals surface area contributed by atoms with Crippen molar-refractivity contribution in [3.05, 3.63) is 64.7 Å². The Bertz CT molecular complexity index is 1240. The van der Waals surface area contributed by atoms with Gasteiger partial charge in [0.05, 0.1) is 5.56 Å². The van der Waals surface area contributed by atoms with E-state index in [9.17, 15) is 22.8 Å². The zero-order valence-corrected chi connectivity index (χ0v) is 22.5. The Morgan fingerprint density at radius 2 is 1.72 bits per heavy atom. The molecular formula is C26H32ClN3O5S. The number of benzene rings is 2. The smallest absolute Gasteiger partial charge is 0.269 e. The SMILES string of the molecule is CC[C@@H](C(=O)NC(C)(C)C)N(Cc1ccc(Cl)cc1)C(=O)CCCN1C(=O)c2ccccc2S1(=O)=O. The standard InChI is InChI=1S/C26H32ClN3O5S/c1-5-21(24(32)28-26(2,3)4)29(17-18-12-14-19(27)15-13-18)23(31)11-8-16-30-25(33)20-9-6-7-10-22(20)36(30,34)35/h6-7,9-10,12-15,21H,5,8,11,16-17H2,1-4H3,(H,28,32)/t21-/m0/s1. The zero-order chi connectivity index (χ0) is 26.7. The Kier molecular flexibility index (Phi) is 8.46. The van der Waals surface area contributed by atoms with Gasteiger partial charge in [-0.3, -0.25) is 14.4 Å². The van der Waals surface area contributed by atoms with E-state index < -0.39 is 27.5 Å². The lowest BCUT2D eigenvalue weighted by atomic mass is 10.0. The summed E-state index contributed by atoms with van der Waals surface area (Å²) in [6, 6.07) is 12.4. The predicted octanol–water partition coefficient (Wildman–Crippen LogP) is 3.99. The number of hydrogen-bond donors (Lipinski definition) is 1. The highest BCUT2D eigenvalue weighted by atomic mass is 35.5. The minimum Gasteiger partial charge on any atom is -0.350 e. The van der Waals surface area contributed by atoms with E-state index >= 15 is 0 Å². The summed E-state index contributed by atoms with van der Waals surface area (Å²) in [5, 5.41) is 3.50. The maximum Gasteiger partial charge on any atom is 0.269 e. The first-order valence-electron chi connectivity index (χ1n) is 11.9. The summed E-state index contributed by atoms with van der Waals surface area (Å²) in [6.45, 7) is 7.51. The van der Waals surface area contributed by atoms with Crippen LogP contribution >= 0.6 is 11.6 Å². The summed E-state index contributed by atoms with van der Waals surface area (Å²) in [6.07, 6.45) is 0.504. The van der Waals surface area contributed by atoms with Gasteiger partial charge in [-0.1, -0.05) is 42.8 Å². The Balaban J connectivity index is 1.76. The van der Waals surface area contributed by atoms with Crippen LogP contribution in [0.3, 0.4) is 0 Å². The molecule has 10 heteroatoms. The maximum atomic E-state index is 13.4. The molecule has 0 fully saturated rings. The lowest BCUT2D eigenvalue weighted by Gasteiger charge is -2.33. The van der Waals surface area contributed by atoms with Crippen molar-refractivity contribution < 1.29 is 22.8 Å². The summed E-state index contributed by atoms with van der Waals surface area (Å²) in [7, 11) is -3.94. The number of amides is 3. The quantitative estimate of drug-likeness (QED) is 0.525. The lowest BCUT2D eigenvalue weighted by molar-refractivity contribution is -0.142. The number of fused-ring (bicyclic) bond motifs is 1. The second-order valence-corrected chi connectivity index (χ2v) is 12.1. The molecule has 1 heterocycles. The summed E-state index contributed by atoms with van der Waals surface area (Å²) in [5.74, 6) is -1.16. The van der Waals surface area contributed by atoms with Gasteiger partial charge in [-0.25, -0.2) is 12.7 Å². The van der Waals surface area contributed by atoms with Crippen molar-refractivity contribution in [3.8, 4) is 0 Å². The van der Waals surface area contributed by atoms with E-state index in [1.54, 1.807) is 36.4 Å². The maximum absolute atomic E-state index is 13.4. The predicted molar refractivity (Wildman–Crippen MR) is 138 cm³/mol. The monoisotopic (exact) mass is 533 g/mol. The van der Waals surface area contributed by atoms with E-state index in [1.165, 1.54) is 17.0 Å². The summed E-state index contributed by atoms with van der Waals surface area (Å²) < 4.78 is 26.4. The molecule has 2 aromatic rings. The average molecular weight is 534 g/mol. The van der Waals surface area contributed by atoms with Crippen molar-refractivity contribution in [1.29, 1.82) is 0 Å². The molecule has 2 aromatic carbocycles. The third kappa shape index (κ3) is 6.25. The van der Waals surface area contributed by atoms with Crippen LogP contribution in [0.1, 0.15) is 62.9 Å². The Morgan fingerprint density at radius 1 is 1.08 bits per heavy atom. The second-order valence-electron chi connectivity index (χ2n) is 9.79. The minimum absolute atomic E-state index is 0.0180. The van der Waals surface area contributed by atoms with E-state index in [0.29, 0.717) is 11.4 Å². The van der Waals surface area contributed by atoms with Gasteiger partial charge >= 0.3 is 0 Å². The Morgan fingerprint density at radius 3 is 2.31 bits per heavy atom. The van der Waals surface area contributed by atoms with Crippen molar-refractivity contribution in [2.45, 2.75) is 70.0 Å². The molecule has 0 aromatic heterocycles. The van der Waals surface area contributed by atoms with Crippen LogP contribution in [0.25, 0.3) is 0 Å². The summed E-state index contributed by atoms with van der Waals surface area (Å²) >= 11 is 6.00. The van der Waals surface area contributed by atoms with Gasteiger partial charge in [0.25, 0.3) is 15.9 Å². The van der Waals surface area contributed by atoms with Crippen LogP contribution in [-0.4, -0.2) is 53.5 Å². The van der Waals surface area contributed by atoms with Crippen LogP contribution in [0.5, 0.6) is 0 Å². The van der Waals surface area contributed by atoms with Gasteiger partial charge in [-0.2, -0.15) is 0 Å². The van der Waals surface area contributed by atoms with Crippen molar-refractivity contribution in [2.24, 2.45) is 0 Å². The molecule has 1 N–H and O–H groups in total. The number of sulfonamides is 1. The van der Waals surface area contributed by atoms with Gasteiger partial charge in [0.1, 0.15) is 10.9 Å². The molecule has 1 aliphatic rings. The molecule has 0 aliphatic carbocycles. The number of nitrogens with zero attached hydrogens (tertiary/aromatic N) is 2. The fraction of sp³-hybridized carbons (Fsp3) is 0.423. The average Bonchev–Trinajstić information content (AvgIpc) is 2.99. The number of halogens is 1. The van der Waals surface area contributed by atoms with Crippen molar-refractivity contribution in [1.82, 2.24) is 14.5 Å². The highest BCUT2D eigenvalue weighted by Gasteiger charge is 2.40. The normalized spacial score (nSPS) is 15.4. The van der Waals surface area contributed by atoms with E-state index in [2.05, 4.69) is 5.32 Å². The molecule has 0 spiro atoms.